The van der Waals surface area contributed by atoms with Crippen molar-refractivity contribution < 1.29 is 4.39 Å². The zero-order valence-corrected chi connectivity index (χ0v) is 14.5. The molecule has 1 fully saturated rings. The molecule has 1 aliphatic rings. The average molecular weight is 304 g/mol. The summed E-state index contributed by atoms with van der Waals surface area (Å²) in [5.41, 5.74) is 1.21. The Morgan fingerprint density at radius 2 is 1.59 bits per heavy atom. The maximum absolute atomic E-state index is 15.2. The summed E-state index contributed by atoms with van der Waals surface area (Å²) in [6.07, 6.45) is 12.3. The fraction of sp³-hybridized carbons (Fsp3) is 0.714. The fourth-order valence-electron chi connectivity index (χ4n) is 3.75. The largest absolute Gasteiger partial charge is 0.239 e. The van der Waals surface area contributed by atoms with Crippen LogP contribution in [0.25, 0.3) is 0 Å². The average Bonchev–Trinajstić information content (AvgIpc) is 2.55. The number of rotatable bonds is 8. The first-order valence-corrected chi connectivity index (χ1v) is 9.46. The summed E-state index contributed by atoms with van der Waals surface area (Å²) in [5, 5.41) is 0. The van der Waals surface area contributed by atoms with Crippen molar-refractivity contribution in [1.82, 2.24) is 0 Å². The minimum atomic E-state index is -1.06. The minimum absolute atomic E-state index is 0.719. The van der Waals surface area contributed by atoms with Crippen LogP contribution in [0.4, 0.5) is 4.39 Å². The highest BCUT2D eigenvalue weighted by atomic mass is 19.1. The van der Waals surface area contributed by atoms with Crippen molar-refractivity contribution >= 4 is 0 Å². The molecule has 0 spiro atoms. The van der Waals surface area contributed by atoms with Crippen LogP contribution in [0, 0.1) is 5.92 Å². The van der Waals surface area contributed by atoms with Crippen molar-refractivity contribution in [2.75, 3.05) is 0 Å². The Hall–Kier alpha value is -0.850. The summed E-state index contributed by atoms with van der Waals surface area (Å²) in [6.45, 7) is 4.47. The predicted octanol–water partition coefficient (Wildman–Crippen LogP) is 6.96. The number of hydrogen-bond acceptors (Lipinski definition) is 0. The third kappa shape index (κ3) is 4.83. The maximum atomic E-state index is 15.2. The molecule has 0 atom stereocenters. The standard InChI is InChI=1S/C21H33F/c1-3-5-7-9-18-10-12-20(13-11-18)21(22)16-14-19(15-17-21)8-6-4-2/h10-13,19H,3-9,14-17H2,1-2H3. The lowest BCUT2D eigenvalue weighted by molar-refractivity contribution is 0.0788. The second-order valence-corrected chi connectivity index (χ2v) is 7.20. The van der Waals surface area contributed by atoms with E-state index in [0.29, 0.717) is 0 Å². The molecule has 1 aromatic carbocycles. The third-order valence-electron chi connectivity index (χ3n) is 5.40. The first-order chi connectivity index (χ1) is 10.7. The van der Waals surface area contributed by atoms with Crippen molar-refractivity contribution in [3.8, 4) is 0 Å². The summed E-state index contributed by atoms with van der Waals surface area (Å²) < 4.78 is 15.2. The minimum Gasteiger partial charge on any atom is -0.239 e. The van der Waals surface area contributed by atoms with Gasteiger partial charge in [-0.05, 0) is 55.6 Å². The Bertz CT molecular complexity index is 412. The first-order valence-electron chi connectivity index (χ1n) is 9.46. The number of halogens is 1. The lowest BCUT2D eigenvalue weighted by Gasteiger charge is -2.34. The molecule has 0 radical (unpaired) electrons. The molecule has 2 rings (SSSR count). The smallest absolute Gasteiger partial charge is 0.136 e. The predicted molar refractivity (Wildman–Crippen MR) is 93.9 cm³/mol. The van der Waals surface area contributed by atoms with Crippen LogP contribution < -0.4 is 0 Å². The van der Waals surface area contributed by atoms with Gasteiger partial charge in [0, 0.05) is 0 Å². The van der Waals surface area contributed by atoms with E-state index in [0.717, 1.165) is 43.6 Å². The molecular weight excluding hydrogens is 271 g/mol. The van der Waals surface area contributed by atoms with Gasteiger partial charge in [-0.15, -0.1) is 0 Å². The molecule has 0 nitrogen and oxygen atoms in total. The quantitative estimate of drug-likeness (QED) is 0.455. The number of alkyl halides is 1. The van der Waals surface area contributed by atoms with Crippen molar-refractivity contribution in [1.29, 1.82) is 0 Å². The summed E-state index contributed by atoms with van der Waals surface area (Å²) in [4.78, 5) is 0. The van der Waals surface area contributed by atoms with Gasteiger partial charge in [-0.1, -0.05) is 70.2 Å². The molecule has 0 bridgehead atoms. The van der Waals surface area contributed by atoms with Gasteiger partial charge in [0.2, 0.25) is 0 Å². The molecule has 0 aliphatic heterocycles. The van der Waals surface area contributed by atoms with Crippen molar-refractivity contribution in [2.45, 2.75) is 90.1 Å². The highest BCUT2D eigenvalue weighted by molar-refractivity contribution is 5.28. The van der Waals surface area contributed by atoms with Crippen LogP contribution in [0.3, 0.4) is 0 Å². The van der Waals surface area contributed by atoms with Crippen LogP contribution in [-0.4, -0.2) is 0 Å². The maximum Gasteiger partial charge on any atom is 0.136 e. The number of aryl methyl sites for hydroxylation is 1. The number of hydrogen-bond donors (Lipinski definition) is 0. The lowest BCUT2D eigenvalue weighted by atomic mass is 9.75. The molecule has 124 valence electrons. The van der Waals surface area contributed by atoms with E-state index in [1.807, 2.05) is 12.1 Å². The molecule has 22 heavy (non-hydrogen) atoms. The van der Waals surface area contributed by atoms with E-state index < -0.39 is 5.67 Å². The highest BCUT2D eigenvalue weighted by Crippen LogP contribution is 2.44. The topological polar surface area (TPSA) is 0 Å². The molecule has 0 aromatic heterocycles. The van der Waals surface area contributed by atoms with Gasteiger partial charge in [-0.25, -0.2) is 4.39 Å². The summed E-state index contributed by atoms with van der Waals surface area (Å²) in [7, 11) is 0. The molecule has 0 unspecified atom stereocenters. The van der Waals surface area contributed by atoms with Crippen LogP contribution in [0.5, 0.6) is 0 Å². The van der Waals surface area contributed by atoms with Gasteiger partial charge in [0.25, 0.3) is 0 Å². The molecule has 0 saturated heterocycles. The van der Waals surface area contributed by atoms with E-state index in [2.05, 4.69) is 26.0 Å². The molecular formula is C21H33F. The van der Waals surface area contributed by atoms with E-state index in [-0.39, 0.29) is 0 Å². The second kappa shape index (κ2) is 8.70. The van der Waals surface area contributed by atoms with Gasteiger partial charge < -0.3 is 0 Å². The summed E-state index contributed by atoms with van der Waals surface area (Å²) in [6, 6.07) is 8.40. The van der Waals surface area contributed by atoms with Crippen LogP contribution in [0.2, 0.25) is 0 Å². The summed E-state index contributed by atoms with van der Waals surface area (Å²) in [5.74, 6) is 0.761. The first kappa shape index (κ1) is 17.5. The Morgan fingerprint density at radius 3 is 2.18 bits per heavy atom. The molecule has 1 aromatic rings. The van der Waals surface area contributed by atoms with Crippen LogP contribution in [0.1, 0.15) is 89.2 Å². The van der Waals surface area contributed by atoms with E-state index in [1.165, 1.54) is 44.1 Å². The number of unbranched alkanes of at least 4 members (excludes halogenated alkanes) is 3. The molecule has 1 heteroatoms. The van der Waals surface area contributed by atoms with Gasteiger partial charge in [-0.3, -0.25) is 0 Å². The van der Waals surface area contributed by atoms with E-state index in [9.17, 15) is 0 Å². The molecule has 0 amide bonds. The Kier molecular flexibility index (Phi) is 6.92. The van der Waals surface area contributed by atoms with E-state index in [4.69, 9.17) is 0 Å². The molecule has 1 aliphatic carbocycles. The van der Waals surface area contributed by atoms with Gasteiger partial charge >= 0.3 is 0 Å². The normalized spacial score (nSPS) is 25.3. The monoisotopic (exact) mass is 304 g/mol. The summed E-state index contributed by atoms with van der Waals surface area (Å²) >= 11 is 0. The molecule has 0 N–H and O–H groups in total. The van der Waals surface area contributed by atoms with Crippen LogP contribution in [0.15, 0.2) is 24.3 Å². The number of benzene rings is 1. The molecule has 0 heterocycles. The van der Waals surface area contributed by atoms with Crippen molar-refractivity contribution in [3.63, 3.8) is 0 Å². The lowest BCUT2D eigenvalue weighted by Crippen LogP contribution is -2.27. The second-order valence-electron chi connectivity index (χ2n) is 7.20. The Morgan fingerprint density at radius 1 is 0.955 bits per heavy atom. The Balaban J connectivity index is 1.88. The van der Waals surface area contributed by atoms with Gasteiger partial charge in [0.1, 0.15) is 5.67 Å². The van der Waals surface area contributed by atoms with Gasteiger partial charge in [-0.2, -0.15) is 0 Å². The zero-order chi connectivity index (χ0) is 15.8. The highest BCUT2D eigenvalue weighted by Gasteiger charge is 2.36. The SMILES string of the molecule is CCCCCc1ccc(C2(F)CCC(CCCC)CC2)cc1. The molecule has 1 saturated carbocycles. The zero-order valence-electron chi connectivity index (χ0n) is 14.5. The van der Waals surface area contributed by atoms with Crippen LogP contribution in [-0.2, 0) is 12.1 Å². The Labute approximate surface area is 136 Å². The van der Waals surface area contributed by atoms with Gasteiger partial charge in [0.05, 0.1) is 0 Å². The third-order valence-corrected chi connectivity index (χ3v) is 5.40. The van der Waals surface area contributed by atoms with Gasteiger partial charge in [0.15, 0.2) is 0 Å². The van der Waals surface area contributed by atoms with E-state index in [1.54, 1.807) is 0 Å². The van der Waals surface area contributed by atoms with E-state index >= 15 is 4.39 Å². The van der Waals surface area contributed by atoms with Crippen molar-refractivity contribution in [2.24, 2.45) is 5.92 Å². The van der Waals surface area contributed by atoms with Crippen LogP contribution >= 0.6 is 0 Å². The fourth-order valence-corrected chi connectivity index (χ4v) is 3.75. The van der Waals surface area contributed by atoms with Crippen molar-refractivity contribution in [3.05, 3.63) is 35.4 Å².